The zero-order valence-corrected chi connectivity index (χ0v) is 16.5. The molecule has 2 atom stereocenters. The highest BCUT2D eigenvalue weighted by molar-refractivity contribution is 5.40. The SMILES string of the molecule is CC1CN(c2ccc(CN3CCc4nc(C(F)(F)F)ncc4C3)cn2)CC(C)O1. The van der Waals surface area contributed by atoms with Crippen LogP contribution < -0.4 is 4.90 Å². The Morgan fingerprint density at radius 3 is 2.52 bits per heavy atom. The predicted octanol–water partition coefficient (Wildman–Crippen LogP) is 3.06. The molecule has 0 bridgehead atoms. The molecule has 0 radical (unpaired) electrons. The molecule has 2 aromatic heterocycles. The van der Waals surface area contributed by atoms with Crippen LogP contribution >= 0.6 is 0 Å². The zero-order chi connectivity index (χ0) is 20.6. The molecule has 0 aliphatic carbocycles. The first-order chi connectivity index (χ1) is 13.8. The quantitative estimate of drug-likeness (QED) is 0.780. The van der Waals surface area contributed by atoms with E-state index in [-0.39, 0.29) is 12.2 Å². The molecule has 0 spiro atoms. The van der Waals surface area contributed by atoms with Crippen LogP contribution in [0.15, 0.2) is 24.5 Å². The van der Waals surface area contributed by atoms with Crippen molar-refractivity contribution in [2.45, 2.75) is 51.7 Å². The van der Waals surface area contributed by atoms with Gasteiger partial charge in [0.25, 0.3) is 0 Å². The summed E-state index contributed by atoms with van der Waals surface area (Å²) in [6, 6.07) is 4.09. The van der Waals surface area contributed by atoms with E-state index in [1.54, 1.807) is 0 Å². The Labute approximate surface area is 167 Å². The largest absolute Gasteiger partial charge is 0.451 e. The van der Waals surface area contributed by atoms with Crippen LogP contribution in [0.4, 0.5) is 19.0 Å². The second-order valence-corrected chi connectivity index (χ2v) is 7.81. The Morgan fingerprint density at radius 1 is 1.10 bits per heavy atom. The van der Waals surface area contributed by atoms with Crippen LogP contribution in [0.25, 0.3) is 0 Å². The summed E-state index contributed by atoms with van der Waals surface area (Å²) in [5.41, 5.74) is 2.32. The lowest BCUT2D eigenvalue weighted by atomic mass is 10.1. The average Bonchev–Trinajstić information content (AvgIpc) is 2.66. The summed E-state index contributed by atoms with van der Waals surface area (Å²) in [5.74, 6) is -0.121. The number of aromatic nitrogens is 3. The van der Waals surface area contributed by atoms with Crippen LogP contribution in [0.1, 0.15) is 36.5 Å². The van der Waals surface area contributed by atoms with Gasteiger partial charge in [-0.1, -0.05) is 6.07 Å². The van der Waals surface area contributed by atoms with Crippen molar-refractivity contribution in [1.29, 1.82) is 0 Å². The third kappa shape index (κ3) is 4.67. The maximum atomic E-state index is 12.8. The number of hydrogen-bond acceptors (Lipinski definition) is 6. The van der Waals surface area contributed by atoms with Crippen molar-refractivity contribution >= 4 is 5.82 Å². The Morgan fingerprint density at radius 2 is 1.86 bits per heavy atom. The van der Waals surface area contributed by atoms with E-state index in [2.05, 4.69) is 44.7 Å². The molecule has 2 aliphatic rings. The van der Waals surface area contributed by atoms with Gasteiger partial charge in [0.2, 0.25) is 5.82 Å². The van der Waals surface area contributed by atoms with Crippen LogP contribution in [-0.2, 0) is 30.4 Å². The third-order valence-corrected chi connectivity index (χ3v) is 5.23. The van der Waals surface area contributed by atoms with Gasteiger partial charge in [0, 0.05) is 57.1 Å². The van der Waals surface area contributed by atoms with Crippen molar-refractivity contribution in [3.63, 3.8) is 0 Å². The van der Waals surface area contributed by atoms with E-state index >= 15 is 0 Å². The number of hydrogen-bond donors (Lipinski definition) is 0. The molecule has 0 amide bonds. The first-order valence-corrected chi connectivity index (χ1v) is 9.77. The van der Waals surface area contributed by atoms with Gasteiger partial charge in [0.1, 0.15) is 5.82 Å². The van der Waals surface area contributed by atoms with E-state index in [9.17, 15) is 13.2 Å². The normalized spacial score (nSPS) is 23.1. The Hall–Kier alpha value is -2.26. The average molecular weight is 407 g/mol. The summed E-state index contributed by atoms with van der Waals surface area (Å²) in [4.78, 5) is 16.2. The van der Waals surface area contributed by atoms with E-state index in [1.165, 1.54) is 6.20 Å². The fraction of sp³-hybridized carbons (Fsp3) is 0.550. The number of pyridine rings is 1. The van der Waals surface area contributed by atoms with Crippen molar-refractivity contribution < 1.29 is 17.9 Å². The van der Waals surface area contributed by atoms with E-state index in [1.807, 2.05) is 12.3 Å². The Balaban J connectivity index is 1.39. The van der Waals surface area contributed by atoms with Crippen molar-refractivity contribution in [3.05, 3.63) is 47.2 Å². The first-order valence-electron chi connectivity index (χ1n) is 9.77. The molecule has 4 rings (SSSR count). The third-order valence-electron chi connectivity index (χ3n) is 5.23. The highest BCUT2D eigenvalue weighted by Crippen LogP contribution is 2.28. The molecule has 6 nitrogen and oxygen atoms in total. The molecule has 4 heterocycles. The van der Waals surface area contributed by atoms with E-state index in [0.717, 1.165) is 30.0 Å². The van der Waals surface area contributed by atoms with Crippen LogP contribution in [0.3, 0.4) is 0 Å². The number of anilines is 1. The lowest BCUT2D eigenvalue weighted by molar-refractivity contribution is -0.145. The second kappa shape index (κ2) is 7.87. The van der Waals surface area contributed by atoms with Gasteiger partial charge in [0.05, 0.1) is 17.9 Å². The minimum Gasteiger partial charge on any atom is -0.372 e. The molecule has 2 aromatic rings. The van der Waals surface area contributed by atoms with E-state index in [0.29, 0.717) is 31.7 Å². The highest BCUT2D eigenvalue weighted by Gasteiger charge is 2.35. The topological polar surface area (TPSA) is 54.4 Å². The fourth-order valence-electron chi connectivity index (χ4n) is 3.97. The predicted molar refractivity (Wildman–Crippen MR) is 101 cm³/mol. The summed E-state index contributed by atoms with van der Waals surface area (Å²) >= 11 is 0. The molecular weight excluding hydrogens is 383 g/mol. The van der Waals surface area contributed by atoms with Gasteiger partial charge in [-0.15, -0.1) is 0 Å². The molecular formula is C20H24F3N5O. The van der Waals surface area contributed by atoms with Crippen LogP contribution in [-0.4, -0.2) is 51.7 Å². The Kier molecular flexibility index (Phi) is 5.44. The summed E-state index contributed by atoms with van der Waals surface area (Å²) in [6.07, 6.45) is -0.494. The van der Waals surface area contributed by atoms with Crippen molar-refractivity contribution in [2.24, 2.45) is 0 Å². The van der Waals surface area contributed by atoms with Crippen LogP contribution in [0.5, 0.6) is 0 Å². The molecule has 1 fully saturated rings. The first kappa shape index (κ1) is 20.0. The molecule has 1 saturated heterocycles. The van der Waals surface area contributed by atoms with Gasteiger partial charge in [0.15, 0.2) is 0 Å². The molecule has 29 heavy (non-hydrogen) atoms. The molecule has 0 N–H and O–H groups in total. The molecule has 156 valence electrons. The summed E-state index contributed by atoms with van der Waals surface area (Å²) in [7, 11) is 0. The minimum atomic E-state index is -4.50. The number of halogens is 3. The van der Waals surface area contributed by atoms with Gasteiger partial charge in [-0.2, -0.15) is 13.2 Å². The van der Waals surface area contributed by atoms with Gasteiger partial charge >= 0.3 is 6.18 Å². The van der Waals surface area contributed by atoms with Crippen molar-refractivity contribution in [2.75, 3.05) is 24.5 Å². The summed E-state index contributed by atoms with van der Waals surface area (Å²) in [6.45, 7) is 7.64. The molecule has 2 aliphatic heterocycles. The standard InChI is InChI=1S/C20H24F3N5O/c1-13-9-28(10-14(2)29-13)18-4-3-15(7-24-18)11-27-6-5-17-16(12-27)8-25-19(26-17)20(21,22)23/h3-4,7-8,13-14H,5-6,9-12H2,1-2H3. The lowest BCUT2D eigenvalue weighted by Gasteiger charge is -2.36. The van der Waals surface area contributed by atoms with Gasteiger partial charge < -0.3 is 9.64 Å². The fourth-order valence-corrected chi connectivity index (χ4v) is 3.97. The number of morpholine rings is 1. The molecule has 9 heteroatoms. The van der Waals surface area contributed by atoms with Crippen molar-refractivity contribution in [1.82, 2.24) is 19.9 Å². The zero-order valence-electron chi connectivity index (χ0n) is 16.5. The highest BCUT2D eigenvalue weighted by atomic mass is 19.4. The lowest BCUT2D eigenvalue weighted by Crippen LogP contribution is -2.45. The van der Waals surface area contributed by atoms with Crippen LogP contribution in [0.2, 0.25) is 0 Å². The van der Waals surface area contributed by atoms with Gasteiger partial charge in [-0.25, -0.2) is 15.0 Å². The van der Waals surface area contributed by atoms with Gasteiger partial charge in [-0.05, 0) is 25.5 Å². The van der Waals surface area contributed by atoms with E-state index in [4.69, 9.17) is 4.74 Å². The number of alkyl halides is 3. The molecule has 0 saturated carbocycles. The van der Waals surface area contributed by atoms with Gasteiger partial charge in [-0.3, -0.25) is 4.90 Å². The monoisotopic (exact) mass is 407 g/mol. The number of nitrogens with zero attached hydrogens (tertiary/aromatic N) is 5. The smallest absolute Gasteiger partial charge is 0.372 e. The van der Waals surface area contributed by atoms with E-state index < -0.39 is 12.0 Å². The summed E-state index contributed by atoms with van der Waals surface area (Å²) < 4.78 is 44.1. The van der Waals surface area contributed by atoms with Crippen molar-refractivity contribution in [3.8, 4) is 0 Å². The Bertz CT molecular complexity index is 848. The minimum absolute atomic E-state index is 0.175. The van der Waals surface area contributed by atoms with Crippen LogP contribution in [0, 0.1) is 0 Å². The maximum Gasteiger partial charge on any atom is 0.451 e. The molecule has 2 unspecified atom stereocenters. The number of ether oxygens (including phenoxy) is 1. The summed E-state index contributed by atoms with van der Waals surface area (Å²) in [5, 5.41) is 0. The maximum absolute atomic E-state index is 12.8. The number of rotatable bonds is 3. The second-order valence-electron chi connectivity index (χ2n) is 7.81. The molecule has 0 aromatic carbocycles. The number of fused-ring (bicyclic) bond motifs is 1.